The van der Waals surface area contributed by atoms with Gasteiger partial charge >= 0.3 is 0 Å². The maximum atomic E-state index is 12.4. The molecule has 0 radical (unpaired) electrons. The van der Waals surface area contributed by atoms with Crippen molar-refractivity contribution >= 4 is 40.1 Å². The van der Waals surface area contributed by atoms with Crippen molar-refractivity contribution in [3.63, 3.8) is 0 Å². The maximum Gasteiger partial charge on any atom is 0.262 e. The standard InChI is InChI=1S/C24H24ClN5O4/c1-26-24(32)15-12-29(2)21(22(15)33-4)23-28-17-11-14(9-10-18(17)30(23)3)27-20(31)13-34-19-8-6-5-7-16(19)25/h5-12H,13H2,1-4H3,(H,26,32)(H,27,31). The molecular formula is C24H24ClN5O4. The summed E-state index contributed by atoms with van der Waals surface area (Å²) in [4.78, 5) is 29.4. The van der Waals surface area contributed by atoms with Crippen molar-refractivity contribution < 1.29 is 19.1 Å². The van der Waals surface area contributed by atoms with E-state index in [0.29, 0.717) is 44.8 Å². The van der Waals surface area contributed by atoms with Gasteiger partial charge in [-0.15, -0.1) is 0 Å². The number of halogens is 1. The number of imidazole rings is 1. The van der Waals surface area contributed by atoms with Crippen LogP contribution in [0.25, 0.3) is 22.6 Å². The number of amides is 2. The summed E-state index contributed by atoms with van der Waals surface area (Å²) in [5.74, 6) is 0.925. The molecule has 0 spiro atoms. The number of nitrogens with one attached hydrogen (secondary N) is 2. The summed E-state index contributed by atoms with van der Waals surface area (Å²) in [5.41, 5.74) is 3.19. The Labute approximate surface area is 201 Å². The Balaban J connectivity index is 1.60. The molecule has 2 N–H and O–H groups in total. The molecule has 2 aromatic carbocycles. The topological polar surface area (TPSA) is 99.4 Å². The molecule has 0 aliphatic heterocycles. The minimum Gasteiger partial charge on any atom is -0.494 e. The highest BCUT2D eigenvalue weighted by atomic mass is 35.5. The number of nitrogens with zero attached hydrogens (tertiary/aromatic N) is 3. The second-order valence-electron chi connectivity index (χ2n) is 7.58. The van der Waals surface area contributed by atoms with Crippen LogP contribution in [0.4, 0.5) is 5.69 Å². The van der Waals surface area contributed by atoms with Gasteiger partial charge in [0.15, 0.2) is 18.2 Å². The molecule has 0 aliphatic carbocycles. The second-order valence-corrected chi connectivity index (χ2v) is 7.99. The monoisotopic (exact) mass is 481 g/mol. The summed E-state index contributed by atoms with van der Waals surface area (Å²) >= 11 is 6.06. The largest absolute Gasteiger partial charge is 0.494 e. The number of aromatic nitrogens is 3. The molecule has 2 aromatic heterocycles. The van der Waals surface area contributed by atoms with Gasteiger partial charge in [0.05, 0.1) is 28.7 Å². The Bertz CT molecular complexity index is 1390. The van der Waals surface area contributed by atoms with Gasteiger partial charge in [-0.1, -0.05) is 23.7 Å². The fourth-order valence-electron chi connectivity index (χ4n) is 3.76. The number of carbonyl (C=O) groups excluding carboxylic acids is 2. The first kappa shape index (κ1) is 23.2. The normalized spacial score (nSPS) is 10.9. The van der Waals surface area contributed by atoms with E-state index in [-0.39, 0.29) is 18.4 Å². The molecule has 0 bridgehead atoms. The number of hydrogen-bond donors (Lipinski definition) is 2. The van der Waals surface area contributed by atoms with Crippen LogP contribution < -0.4 is 20.1 Å². The molecule has 34 heavy (non-hydrogen) atoms. The molecule has 0 aliphatic rings. The number of aryl methyl sites for hydroxylation is 2. The van der Waals surface area contributed by atoms with Crippen molar-refractivity contribution in [1.29, 1.82) is 0 Å². The average Bonchev–Trinajstić information content (AvgIpc) is 3.33. The van der Waals surface area contributed by atoms with Crippen molar-refractivity contribution in [3.05, 3.63) is 59.2 Å². The fraction of sp³-hybridized carbons (Fsp3) is 0.208. The lowest BCUT2D eigenvalue weighted by molar-refractivity contribution is -0.118. The summed E-state index contributed by atoms with van der Waals surface area (Å²) in [6.07, 6.45) is 1.71. The van der Waals surface area contributed by atoms with Crippen LogP contribution in [0, 0.1) is 0 Å². The molecule has 2 amide bonds. The SMILES string of the molecule is CNC(=O)c1cn(C)c(-c2nc3cc(NC(=O)COc4ccccc4Cl)ccc3n2C)c1OC. The van der Waals surface area contributed by atoms with E-state index in [9.17, 15) is 9.59 Å². The number of benzene rings is 2. The molecular weight excluding hydrogens is 458 g/mol. The zero-order valence-electron chi connectivity index (χ0n) is 19.2. The lowest BCUT2D eigenvalue weighted by Crippen LogP contribution is -2.20. The zero-order chi connectivity index (χ0) is 24.4. The van der Waals surface area contributed by atoms with Gasteiger partial charge in [0.1, 0.15) is 11.4 Å². The quantitative estimate of drug-likeness (QED) is 0.420. The first-order valence-electron chi connectivity index (χ1n) is 10.4. The zero-order valence-corrected chi connectivity index (χ0v) is 19.9. The molecule has 0 unspecified atom stereocenters. The third-order valence-electron chi connectivity index (χ3n) is 5.38. The van der Waals surface area contributed by atoms with Gasteiger partial charge in [0, 0.05) is 33.0 Å². The Morgan fingerprint density at radius 3 is 2.62 bits per heavy atom. The molecule has 176 valence electrons. The van der Waals surface area contributed by atoms with Crippen molar-refractivity contribution in [2.75, 3.05) is 26.1 Å². The lowest BCUT2D eigenvalue weighted by Gasteiger charge is -2.09. The molecule has 4 aromatic rings. The Morgan fingerprint density at radius 1 is 1.15 bits per heavy atom. The van der Waals surface area contributed by atoms with Crippen LogP contribution in [0.3, 0.4) is 0 Å². The van der Waals surface area contributed by atoms with E-state index in [0.717, 1.165) is 5.52 Å². The number of methoxy groups -OCH3 is 1. The first-order chi connectivity index (χ1) is 16.3. The lowest BCUT2D eigenvalue weighted by atomic mass is 10.2. The molecule has 0 saturated heterocycles. The number of rotatable bonds is 7. The maximum absolute atomic E-state index is 12.4. The fourth-order valence-corrected chi connectivity index (χ4v) is 3.95. The molecule has 10 heteroatoms. The van der Waals surface area contributed by atoms with Crippen LogP contribution >= 0.6 is 11.6 Å². The van der Waals surface area contributed by atoms with Gasteiger partial charge in [0.2, 0.25) is 0 Å². The van der Waals surface area contributed by atoms with Crippen LogP contribution in [0.5, 0.6) is 11.5 Å². The van der Waals surface area contributed by atoms with Crippen LogP contribution in [-0.4, -0.2) is 46.7 Å². The Kier molecular flexibility index (Phi) is 6.47. The first-order valence-corrected chi connectivity index (χ1v) is 10.8. The van der Waals surface area contributed by atoms with Crippen LogP contribution in [0.2, 0.25) is 5.02 Å². The number of fused-ring (bicyclic) bond motifs is 1. The van der Waals surface area contributed by atoms with Crippen molar-refractivity contribution in [2.24, 2.45) is 14.1 Å². The smallest absolute Gasteiger partial charge is 0.262 e. The summed E-state index contributed by atoms with van der Waals surface area (Å²) in [7, 11) is 6.80. The molecule has 0 fully saturated rings. The second kappa shape index (κ2) is 9.48. The van der Waals surface area contributed by atoms with E-state index < -0.39 is 0 Å². The molecule has 0 atom stereocenters. The van der Waals surface area contributed by atoms with E-state index in [1.54, 1.807) is 54.2 Å². The van der Waals surface area contributed by atoms with Crippen LogP contribution in [0.15, 0.2) is 48.7 Å². The number of anilines is 1. The van der Waals surface area contributed by atoms with Crippen LogP contribution in [-0.2, 0) is 18.9 Å². The highest BCUT2D eigenvalue weighted by Gasteiger charge is 2.24. The number of carbonyl (C=O) groups is 2. The highest BCUT2D eigenvalue weighted by molar-refractivity contribution is 6.32. The summed E-state index contributed by atoms with van der Waals surface area (Å²) < 4.78 is 14.8. The predicted octanol–water partition coefficient (Wildman–Crippen LogP) is 3.62. The molecule has 0 saturated carbocycles. The van der Waals surface area contributed by atoms with Gasteiger partial charge in [-0.3, -0.25) is 9.59 Å². The van der Waals surface area contributed by atoms with E-state index in [1.165, 1.54) is 7.11 Å². The van der Waals surface area contributed by atoms with Gasteiger partial charge < -0.3 is 29.2 Å². The summed E-state index contributed by atoms with van der Waals surface area (Å²) in [6, 6.07) is 12.4. The van der Waals surface area contributed by atoms with Gasteiger partial charge in [-0.05, 0) is 30.3 Å². The average molecular weight is 482 g/mol. The Morgan fingerprint density at radius 2 is 1.91 bits per heavy atom. The molecule has 4 rings (SSSR count). The molecule has 2 heterocycles. The van der Waals surface area contributed by atoms with Gasteiger partial charge in [0.25, 0.3) is 11.8 Å². The third-order valence-corrected chi connectivity index (χ3v) is 5.70. The predicted molar refractivity (Wildman–Crippen MR) is 131 cm³/mol. The minimum absolute atomic E-state index is 0.182. The van der Waals surface area contributed by atoms with Crippen molar-refractivity contribution in [2.45, 2.75) is 0 Å². The summed E-state index contributed by atoms with van der Waals surface area (Å²) in [5, 5.41) is 5.87. The third kappa shape index (κ3) is 4.29. The molecule has 9 nitrogen and oxygen atoms in total. The summed E-state index contributed by atoms with van der Waals surface area (Å²) in [6.45, 7) is -0.182. The highest BCUT2D eigenvalue weighted by Crippen LogP contribution is 2.35. The van der Waals surface area contributed by atoms with Crippen LogP contribution in [0.1, 0.15) is 10.4 Å². The number of hydrogen-bond acceptors (Lipinski definition) is 5. The number of ether oxygens (including phenoxy) is 2. The Hall–Kier alpha value is -3.98. The van der Waals surface area contributed by atoms with Crippen molar-refractivity contribution in [3.8, 4) is 23.0 Å². The van der Waals surface area contributed by atoms with Gasteiger partial charge in [-0.25, -0.2) is 4.98 Å². The van der Waals surface area contributed by atoms with Gasteiger partial charge in [-0.2, -0.15) is 0 Å². The number of para-hydroxylation sites is 1. The van der Waals surface area contributed by atoms with E-state index in [2.05, 4.69) is 10.6 Å². The van der Waals surface area contributed by atoms with E-state index >= 15 is 0 Å². The van der Waals surface area contributed by atoms with Crippen molar-refractivity contribution in [1.82, 2.24) is 19.4 Å². The minimum atomic E-state index is -0.324. The van der Waals surface area contributed by atoms with E-state index in [1.807, 2.05) is 24.7 Å². The van der Waals surface area contributed by atoms with E-state index in [4.69, 9.17) is 26.1 Å².